The van der Waals surface area contributed by atoms with Crippen molar-refractivity contribution < 1.29 is 60.6 Å². The molecule has 12 N–H and O–H groups in total. The van der Waals surface area contributed by atoms with Crippen LogP contribution in [-0.4, -0.2) is 244 Å². The summed E-state index contributed by atoms with van der Waals surface area (Å²) in [6.45, 7) is 24.1. The number of aliphatic hydroxyl groups is 11. The standard InChI is InChI=1S/C8H10FN.3C8H16O.3C6H13NO.2C5H11NO.2C5H12O.C4H10O/c1-10-6-7-4-2-3-5-8(7)9;1-2-7-3-5-8(9)6-4-7;1-2-7-4-3-5-8(9)6-7;1-2-7-5-3-4-6-8(7)9;1-7-4-2-6(8)3-5-7;1-7-4-2-3-6(8)5-7;1-7-5-3-2-4-6(7)8;1-6-3-2-5(7)4-6;1-6-4-2-3-5(6)7;1-3-4-5(2)6;1-2-3-4-5-6;1-2-3-4-5/h2-5,10H,6H2,1H3;3*7-9H,2-6H2,1H3;3*6,8H,2-5H2,1H3;2*5,7H,2-4H2,1H3;5-6H,3-4H2,1-2H3;6H,2-5H2,1H3;5H,2-4H2,1H3. The Kier molecular flexibility index (Phi) is 67.3. The quantitative estimate of drug-likeness (QED) is 0.0870. The first-order chi connectivity index (χ1) is 43.9. The molecule has 3 aliphatic carbocycles. The minimum atomic E-state index is -0.163. The first kappa shape index (κ1) is 94.7. The zero-order valence-electron chi connectivity index (χ0n) is 61.7. The largest absolute Gasteiger partial charge is 0.396 e. The highest BCUT2D eigenvalue weighted by Gasteiger charge is 2.22. The maximum absolute atomic E-state index is 12.7. The summed E-state index contributed by atoms with van der Waals surface area (Å²) in [6, 6.07) is 6.75. The number of nitrogens with zero attached hydrogens (tertiary/aromatic N) is 5. The molecular weight excluding hydrogens is 1170 g/mol. The SMILES string of the molecule is CCC1CCC(O)CC1.CCC1CCCC(O)C1.CCC1CCCCC1O.CCCC(C)O.CCCCCO.CCCCO.CN1CCC(O)C1.CN1CCC(O)CC1.CN1CCCC(O)C1.CN1CCCC1O.CN1CCCCC1O.CNCc1ccccc1F. The van der Waals surface area contributed by atoms with E-state index >= 15 is 0 Å². The fourth-order valence-electron chi connectivity index (χ4n) is 11.6. The lowest BCUT2D eigenvalue weighted by Gasteiger charge is -2.27. The maximum Gasteiger partial charge on any atom is 0.127 e. The molecule has 17 nitrogen and oxygen atoms in total. The van der Waals surface area contributed by atoms with Crippen LogP contribution in [0.2, 0.25) is 0 Å². The number of hydrogen-bond donors (Lipinski definition) is 12. The molecule has 0 aromatic heterocycles. The average molecular weight is 1320 g/mol. The number of hydrogen-bond acceptors (Lipinski definition) is 17. The number of likely N-dealkylation sites (tertiary alicyclic amines) is 5. The Hall–Kier alpha value is -1.53. The van der Waals surface area contributed by atoms with Crippen LogP contribution in [0, 0.1) is 23.6 Å². The highest BCUT2D eigenvalue weighted by molar-refractivity contribution is 5.16. The Morgan fingerprint density at radius 2 is 0.957 bits per heavy atom. The lowest BCUT2D eigenvalue weighted by molar-refractivity contribution is -0.00578. The molecule has 92 heavy (non-hydrogen) atoms. The van der Waals surface area contributed by atoms with Gasteiger partial charge in [0.25, 0.3) is 0 Å². The third kappa shape index (κ3) is 58.6. The minimum Gasteiger partial charge on any atom is -0.396 e. The van der Waals surface area contributed by atoms with E-state index in [0.717, 1.165) is 193 Å². The number of piperidine rings is 3. The van der Waals surface area contributed by atoms with Crippen molar-refractivity contribution in [1.29, 1.82) is 0 Å². The molecule has 9 rings (SSSR count). The predicted octanol–water partition coefficient (Wildman–Crippen LogP) is 10.8. The summed E-state index contributed by atoms with van der Waals surface area (Å²) in [6.07, 6.45) is 35.2. The normalized spacial score (nSPS) is 27.1. The molecule has 5 saturated heterocycles. The molecule has 1 aromatic carbocycles. The number of rotatable bonds is 12. The number of aliphatic hydroxyl groups excluding tert-OH is 11. The van der Waals surface area contributed by atoms with Crippen LogP contribution in [0.1, 0.15) is 259 Å². The third-order valence-corrected chi connectivity index (χ3v) is 18.3. The summed E-state index contributed by atoms with van der Waals surface area (Å²) < 4.78 is 12.7. The van der Waals surface area contributed by atoms with Crippen LogP contribution in [0.5, 0.6) is 0 Å². The van der Waals surface area contributed by atoms with Crippen molar-refractivity contribution in [3.8, 4) is 0 Å². The van der Waals surface area contributed by atoms with Crippen molar-refractivity contribution in [3.05, 3.63) is 35.6 Å². The topological polar surface area (TPSA) is 251 Å². The van der Waals surface area contributed by atoms with Gasteiger partial charge in [-0.2, -0.15) is 0 Å². The van der Waals surface area contributed by atoms with E-state index in [1.165, 1.54) is 83.1 Å². The summed E-state index contributed by atoms with van der Waals surface area (Å²) in [4.78, 5) is 10.5. The van der Waals surface area contributed by atoms with Gasteiger partial charge in [0.05, 0.1) is 42.7 Å². The molecule has 5 aliphatic heterocycles. The molecule has 9 unspecified atom stereocenters. The molecular formula is C74H153FN6O11. The van der Waals surface area contributed by atoms with Gasteiger partial charge in [-0.1, -0.05) is 130 Å². The van der Waals surface area contributed by atoms with Crippen molar-refractivity contribution in [3.63, 3.8) is 0 Å². The Balaban J connectivity index is -0.000000943. The van der Waals surface area contributed by atoms with Gasteiger partial charge in [0.15, 0.2) is 0 Å². The van der Waals surface area contributed by atoms with Crippen LogP contribution in [-0.2, 0) is 6.54 Å². The first-order valence-electron chi connectivity index (χ1n) is 37.1. The number of halogens is 1. The average Bonchev–Trinajstić information content (AvgIpc) is 3.91. The number of nitrogens with one attached hydrogen (secondary N) is 1. The minimum absolute atomic E-state index is 0.0173. The zero-order chi connectivity index (χ0) is 69.9. The van der Waals surface area contributed by atoms with E-state index in [9.17, 15) is 14.6 Å². The lowest BCUT2D eigenvalue weighted by atomic mass is 9.85. The van der Waals surface area contributed by atoms with Crippen molar-refractivity contribution in [1.82, 2.24) is 29.8 Å². The van der Waals surface area contributed by atoms with Crippen LogP contribution in [0.4, 0.5) is 4.39 Å². The van der Waals surface area contributed by atoms with E-state index in [4.69, 9.17) is 46.0 Å². The predicted molar refractivity (Wildman–Crippen MR) is 383 cm³/mol. The highest BCUT2D eigenvalue weighted by atomic mass is 19.1. The van der Waals surface area contributed by atoms with Crippen LogP contribution in [0.25, 0.3) is 0 Å². The molecule has 5 heterocycles. The fraction of sp³-hybridized carbons (Fsp3) is 0.919. The lowest BCUT2D eigenvalue weighted by Crippen LogP contribution is -2.35. The highest BCUT2D eigenvalue weighted by Crippen LogP contribution is 2.28. The Bertz CT molecular complexity index is 1610. The molecule has 8 fully saturated rings. The van der Waals surface area contributed by atoms with Crippen LogP contribution in [0.15, 0.2) is 24.3 Å². The van der Waals surface area contributed by atoms with Gasteiger partial charge in [-0.3, -0.25) is 9.80 Å². The van der Waals surface area contributed by atoms with Crippen molar-refractivity contribution in [2.75, 3.05) is 108 Å². The second kappa shape index (κ2) is 65.4. The third-order valence-electron chi connectivity index (χ3n) is 18.3. The monoisotopic (exact) mass is 1320 g/mol. The molecule has 0 radical (unpaired) electrons. The first-order valence-corrected chi connectivity index (χ1v) is 37.1. The van der Waals surface area contributed by atoms with E-state index in [2.05, 4.69) is 68.6 Å². The van der Waals surface area contributed by atoms with Crippen LogP contribution < -0.4 is 5.32 Å². The molecule has 0 spiro atoms. The van der Waals surface area contributed by atoms with Gasteiger partial charge in [-0.25, -0.2) is 4.39 Å². The van der Waals surface area contributed by atoms with Crippen molar-refractivity contribution in [2.24, 2.45) is 17.8 Å². The van der Waals surface area contributed by atoms with E-state index in [1.54, 1.807) is 19.2 Å². The van der Waals surface area contributed by atoms with E-state index in [-0.39, 0.29) is 61.0 Å². The molecule has 8 aliphatic rings. The summed E-state index contributed by atoms with van der Waals surface area (Å²) >= 11 is 0. The fourth-order valence-corrected chi connectivity index (χ4v) is 11.6. The molecule has 3 saturated carbocycles. The number of unbranched alkanes of at least 4 members (excludes halogenated alkanes) is 3. The van der Waals surface area contributed by atoms with E-state index < -0.39 is 0 Å². The summed E-state index contributed by atoms with van der Waals surface area (Å²) in [5, 5.41) is 100. The van der Waals surface area contributed by atoms with E-state index in [0.29, 0.717) is 31.2 Å². The van der Waals surface area contributed by atoms with Crippen LogP contribution >= 0.6 is 0 Å². The number of benzene rings is 1. The second-order valence-electron chi connectivity index (χ2n) is 27.3. The van der Waals surface area contributed by atoms with Gasteiger partial charge in [0.1, 0.15) is 18.3 Å². The molecule has 18 heteroatoms. The van der Waals surface area contributed by atoms with Crippen LogP contribution in [0.3, 0.4) is 0 Å². The summed E-state index contributed by atoms with van der Waals surface area (Å²) in [5.41, 5.74) is 0.713. The van der Waals surface area contributed by atoms with E-state index in [1.807, 2.05) is 51.0 Å². The maximum atomic E-state index is 12.7. The van der Waals surface area contributed by atoms with Gasteiger partial charge in [0.2, 0.25) is 0 Å². The van der Waals surface area contributed by atoms with Crippen molar-refractivity contribution in [2.45, 2.75) is 316 Å². The molecule has 0 amide bonds. The Morgan fingerprint density at radius 3 is 1.28 bits per heavy atom. The second-order valence-corrected chi connectivity index (χ2v) is 27.3. The number of β-amino-alcohol motifs (C(OH)–C–C–N with tert-alkyl or cyclic N) is 2. The van der Waals surface area contributed by atoms with Gasteiger partial charge < -0.3 is 76.2 Å². The van der Waals surface area contributed by atoms with Gasteiger partial charge in [-0.15, -0.1) is 0 Å². The molecule has 0 bridgehead atoms. The molecule has 9 atom stereocenters. The number of likely N-dealkylation sites (N-methyl/N-ethyl adjacent to an activating group) is 2. The van der Waals surface area contributed by atoms with Crippen molar-refractivity contribution >= 4 is 0 Å². The smallest absolute Gasteiger partial charge is 0.127 e. The Labute approximate surface area is 565 Å². The zero-order valence-corrected chi connectivity index (χ0v) is 61.7. The summed E-state index contributed by atoms with van der Waals surface area (Å²) in [7, 11) is 11.9. The summed E-state index contributed by atoms with van der Waals surface area (Å²) in [5.74, 6) is 2.19. The molecule has 552 valence electrons. The van der Waals surface area contributed by atoms with Gasteiger partial charge in [-0.05, 0) is 214 Å². The molecule has 1 aromatic rings. The van der Waals surface area contributed by atoms with Gasteiger partial charge >= 0.3 is 0 Å². The van der Waals surface area contributed by atoms with Gasteiger partial charge in [0, 0.05) is 71.1 Å². The Morgan fingerprint density at radius 1 is 0.467 bits per heavy atom.